The Bertz CT molecular complexity index is 677. The zero-order valence-corrected chi connectivity index (χ0v) is 17.5. The molecule has 1 aromatic rings. The molecular weight excluding hydrogens is 377 g/mol. The number of carbonyl (C=O) groups is 2. The highest BCUT2D eigenvalue weighted by Crippen LogP contribution is 2.41. The molecule has 1 aliphatic carbocycles. The molecule has 7 heteroatoms. The smallest absolute Gasteiger partial charge is 0.255 e. The fraction of sp³-hybridized carbons (Fsp3) is 0.619. The summed E-state index contributed by atoms with van der Waals surface area (Å²) in [6.45, 7) is 1.31. The Morgan fingerprint density at radius 2 is 1.86 bits per heavy atom. The highest BCUT2D eigenvalue weighted by atomic mass is 32.2. The molecule has 0 spiro atoms. The van der Waals surface area contributed by atoms with Gasteiger partial charge in [0.1, 0.15) is 11.9 Å². The van der Waals surface area contributed by atoms with Gasteiger partial charge in [-0.15, -0.1) is 11.8 Å². The minimum Gasteiger partial charge on any atom is -0.353 e. The standard InChI is InChI=1S/C21H30FN3O2S/c1-24(2)13-12-23-19(26)18-14-28-21(16-6-4-3-5-7-16)25(18)20(27)15-8-10-17(22)11-9-15/h8-11,16,18,21H,3-7,12-14H2,1-2H3,(H,23,26)/t18-,21+/m1/s1. The van der Waals surface area contributed by atoms with Crippen molar-refractivity contribution in [2.24, 2.45) is 5.92 Å². The van der Waals surface area contributed by atoms with Gasteiger partial charge in [-0.1, -0.05) is 19.3 Å². The Morgan fingerprint density at radius 1 is 1.18 bits per heavy atom. The van der Waals surface area contributed by atoms with E-state index >= 15 is 0 Å². The average Bonchev–Trinajstić information content (AvgIpc) is 3.13. The molecule has 5 nitrogen and oxygen atoms in total. The second kappa shape index (κ2) is 9.74. The minimum absolute atomic E-state index is 0.0162. The van der Waals surface area contributed by atoms with Gasteiger partial charge >= 0.3 is 0 Å². The Kier molecular flexibility index (Phi) is 7.35. The summed E-state index contributed by atoms with van der Waals surface area (Å²) in [5.41, 5.74) is 0.441. The van der Waals surface area contributed by atoms with Crippen LogP contribution in [0.25, 0.3) is 0 Å². The summed E-state index contributed by atoms with van der Waals surface area (Å²) in [6.07, 6.45) is 5.80. The van der Waals surface area contributed by atoms with Crippen molar-refractivity contribution in [3.05, 3.63) is 35.6 Å². The number of benzene rings is 1. The Labute approximate surface area is 171 Å². The number of hydrogen-bond donors (Lipinski definition) is 1. The lowest BCUT2D eigenvalue weighted by molar-refractivity contribution is -0.125. The van der Waals surface area contributed by atoms with Gasteiger partial charge in [-0.05, 0) is 57.1 Å². The van der Waals surface area contributed by atoms with Crippen molar-refractivity contribution in [2.75, 3.05) is 32.9 Å². The van der Waals surface area contributed by atoms with E-state index in [0.717, 1.165) is 19.4 Å². The van der Waals surface area contributed by atoms with Crippen molar-refractivity contribution in [2.45, 2.75) is 43.5 Å². The van der Waals surface area contributed by atoms with Crippen LogP contribution in [0.5, 0.6) is 0 Å². The molecule has 1 aromatic carbocycles. The number of nitrogens with one attached hydrogen (secondary N) is 1. The summed E-state index contributed by atoms with van der Waals surface area (Å²) in [7, 11) is 3.92. The van der Waals surface area contributed by atoms with Gasteiger partial charge in [0.15, 0.2) is 0 Å². The molecule has 0 unspecified atom stereocenters. The number of halogens is 1. The largest absolute Gasteiger partial charge is 0.353 e. The zero-order valence-electron chi connectivity index (χ0n) is 16.7. The first kappa shape index (κ1) is 21.1. The van der Waals surface area contributed by atoms with Crippen LogP contribution < -0.4 is 5.32 Å². The van der Waals surface area contributed by atoms with Crippen molar-refractivity contribution in [1.82, 2.24) is 15.1 Å². The van der Waals surface area contributed by atoms with Crippen LogP contribution in [-0.2, 0) is 4.79 Å². The van der Waals surface area contributed by atoms with Crippen molar-refractivity contribution in [1.29, 1.82) is 0 Å². The highest BCUT2D eigenvalue weighted by molar-refractivity contribution is 8.00. The molecule has 2 fully saturated rings. The van der Waals surface area contributed by atoms with E-state index in [0.29, 0.717) is 23.8 Å². The van der Waals surface area contributed by atoms with Gasteiger partial charge < -0.3 is 15.1 Å². The van der Waals surface area contributed by atoms with Gasteiger partial charge in [0.05, 0.1) is 5.37 Å². The first-order valence-corrected chi connectivity index (χ1v) is 11.1. The summed E-state index contributed by atoms with van der Waals surface area (Å²) < 4.78 is 13.3. The van der Waals surface area contributed by atoms with Gasteiger partial charge in [0.25, 0.3) is 5.91 Å². The van der Waals surface area contributed by atoms with Crippen molar-refractivity contribution >= 4 is 23.6 Å². The highest BCUT2D eigenvalue weighted by Gasteiger charge is 2.45. The lowest BCUT2D eigenvalue weighted by atomic mass is 9.88. The Hall–Kier alpha value is -1.60. The summed E-state index contributed by atoms with van der Waals surface area (Å²) in [4.78, 5) is 30.0. The van der Waals surface area contributed by atoms with Crippen LogP contribution in [0, 0.1) is 11.7 Å². The van der Waals surface area contributed by atoms with Crippen LogP contribution >= 0.6 is 11.8 Å². The molecule has 2 aliphatic rings. The molecule has 0 aromatic heterocycles. The molecule has 3 rings (SSSR count). The third-order valence-electron chi connectivity index (χ3n) is 5.57. The predicted octanol–water partition coefficient (Wildman–Crippen LogP) is 2.97. The van der Waals surface area contributed by atoms with Crippen molar-refractivity contribution in [3.63, 3.8) is 0 Å². The van der Waals surface area contributed by atoms with Crippen LogP contribution in [0.1, 0.15) is 42.5 Å². The second-order valence-corrected chi connectivity index (χ2v) is 9.10. The van der Waals surface area contributed by atoms with Gasteiger partial charge in [0.2, 0.25) is 5.91 Å². The zero-order chi connectivity index (χ0) is 20.1. The van der Waals surface area contributed by atoms with Crippen LogP contribution in [0.15, 0.2) is 24.3 Å². The maximum Gasteiger partial charge on any atom is 0.255 e. The fourth-order valence-corrected chi connectivity index (χ4v) is 5.67. The average molecular weight is 408 g/mol. The van der Waals surface area contributed by atoms with E-state index in [-0.39, 0.29) is 23.0 Å². The monoisotopic (exact) mass is 407 g/mol. The number of hydrogen-bond acceptors (Lipinski definition) is 4. The molecular formula is C21H30FN3O2S. The molecule has 28 heavy (non-hydrogen) atoms. The maximum atomic E-state index is 13.3. The van der Waals surface area contributed by atoms with E-state index in [1.165, 1.54) is 43.5 Å². The van der Waals surface area contributed by atoms with E-state index in [4.69, 9.17) is 0 Å². The first-order chi connectivity index (χ1) is 13.5. The van der Waals surface area contributed by atoms with Gasteiger partial charge in [0, 0.05) is 24.4 Å². The number of thioether (sulfide) groups is 1. The summed E-state index contributed by atoms with van der Waals surface area (Å²) in [6, 6.07) is 5.16. The molecule has 2 atom stereocenters. The molecule has 1 heterocycles. The van der Waals surface area contributed by atoms with E-state index in [1.807, 2.05) is 19.0 Å². The van der Waals surface area contributed by atoms with Crippen LogP contribution in [0.3, 0.4) is 0 Å². The molecule has 0 radical (unpaired) electrons. The van der Waals surface area contributed by atoms with Crippen LogP contribution in [0.2, 0.25) is 0 Å². The van der Waals surface area contributed by atoms with Gasteiger partial charge in [-0.25, -0.2) is 4.39 Å². The fourth-order valence-electron chi connectivity index (χ4n) is 4.03. The summed E-state index contributed by atoms with van der Waals surface area (Å²) in [5.74, 6) is 0.398. The van der Waals surface area contributed by atoms with Gasteiger partial charge in [-0.3, -0.25) is 9.59 Å². The van der Waals surface area contributed by atoms with E-state index < -0.39 is 6.04 Å². The van der Waals surface area contributed by atoms with Gasteiger partial charge in [-0.2, -0.15) is 0 Å². The molecule has 1 saturated heterocycles. The van der Waals surface area contributed by atoms with E-state index in [9.17, 15) is 14.0 Å². The molecule has 2 amide bonds. The van der Waals surface area contributed by atoms with Crippen LogP contribution in [-0.4, -0.2) is 66.0 Å². The van der Waals surface area contributed by atoms with E-state index in [1.54, 1.807) is 16.7 Å². The third kappa shape index (κ3) is 5.06. The number of carbonyl (C=O) groups excluding carboxylic acids is 2. The normalized spacial score (nSPS) is 23.2. The number of amides is 2. The molecule has 1 saturated carbocycles. The molecule has 1 aliphatic heterocycles. The number of likely N-dealkylation sites (N-methyl/N-ethyl adjacent to an activating group) is 1. The quantitative estimate of drug-likeness (QED) is 0.788. The topological polar surface area (TPSA) is 52.7 Å². The lowest BCUT2D eigenvalue weighted by Crippen LogP contribution is -2.52. The minimum atomic E-state index is -0.475. The third-order valence-corrected chi connectivity index (χ3v) is 7.04. The molecule has 154 valence electrons. The van der Waals surface area contributed by atoms with Crippen molar-refractivity contribution in [3.8, 4) is 0 Å². The molecule has 0 bridgehead atoms. The molecule has 1 N–H and O–H groups in total. The second-order valence-electron chi connectivity index (χ2n) is 7.95. The van der Waals surface area contributed by atoms with E-state index in [2.05, 4.69) is 5.32 Å². The Balaban J connectivity index is 1.78. The predicted molar refractivity (Wildman–Crippen MR) is 111 cm³/mol. The van der Waals surface area contributed by atoms with Crippen molar-refractivity contribution < 1.29 is 14.0 Å². The Morgan fingerprint density at radius 3 is 2.50 bits per heavy atom. The summed E-state index contributed by atoms with van der Waals surface area (Å²) in [5, 5.41) is 2.99. The first-order valence-electron chi connectivity index (χ1n) is 10.1. The number of rotatable bonds is 6. The van der Waals surface area contributed by atoms with Crippen LogP contribution in [0.4, 0.5) is 4.39 Å². The SMILES string of the molecule is CN(C)CCNC(=O)[C@H]1CS[C@@H](C2CCCCC2)N1C(=O)c1ccc(F)cc1. The maximum absolute atomic E-state index is 13.3. The number of nitrogens with zero attached hydrogens (tertiary/aromatic N) is 2. The summed E-state index contributed by atoms with van der Waals surface area (Å²) >= 11 is 1.72. The lowest BCUT2D eigenvalue weighted by Gasteiger charge is -2.35.